The largest absolute Gasteiger partial charge is 0.396 e. The highest BCUT2D eigenvalue weighted by Crippen LogP contribution is 2.15. The van der Waals surface area contributed by atoms with Crippen LogP contribution in [0.4, 0.5) is 0 Å². The molecule has 17 heavy (non-hydrogen) atoms. The van der Waals surface area contributed by atoms with Gasteiger partial charge in [0.25, 0.3) is 0 Å². The van der Waals surface area contributed by atoms with Gasteiger partial charge in [-0.3, -0.25) is 0 Å². The van der Waals surface area contributed by atoms with Crippen molar-refractivity contribution in [2.75, 3.05) is 19.8 Å². The van der Waals surface area contributed by atoms with E-state index >= 15 is 0 Å². The first-order valence-corrected chi connectivity index (χ1v) is 6.25. The van der Waals surface area contributed by atoms with Crippen molar-refractivity contribution in [2.24, 2.45) is 0 Å². The smallest absolute Gasteiger partial charge is 0.0594 e. The summed E-state index contributed by atoms with van der Waals surface area (Å²) < 4.78 is 5.48. The third kappa shape index (κ3) is 5.82. The quantitative estimate of drug-likeness (QED) is 0.681. The number of rotatable bonds is 8. The van der Waals surface area contributed by atoms with Gasteiger partial charge in [0.05, 0.1) is 12.7 Å². The molecule has 3 nitrogen and oxygen atoms in total. The highest BCUT2D eigenvalue weighted by atomic mass is 16.5. The fourth-order valence-electron chi connectivity index (χ4n) is 1.73. The van der Waals surface area contributed by atoms with Crippen molar-refractivity contribution >= 4 is 0 Å². The fraction of sp³-hybridized carbons (Fsp3) is 0.571. The Hall–Kier alpha value is -0.900. The molecule has 0 aromatic heterocycles. The minimum absolute atomic E-state index is 0.192. The van der Waals surface area contributed by atoms with Gasteiger partial charge >= 0.3 is 0 Å². The van der Waals surface area contributed by atoms with E-state index in [0.717, 1.165) is 13.0 Å². The van der Waals surface area contributed by atoms with Gasteiger partial charge in [0.15, 0.2) is 0 Å². The van der Waals surface area contributed by atoms with Crippen LogP contribution in [0.15, 0.2) is 30.3 Å². The molecule has 0 spiro atoms. The summed E-state index contributed by atoms with van der Waals surface area (Å²) in [4.78, 5) is 0. The summed E-state index contributed by atoms with van der Waals surface area (Å²) in [5.41, 5.74) is 1.21. The third-order valence-electron chi connectivity index (χ3n) is 2.56. The van der Waals surface area contributed by atoms with Crippen LogP contribution in [-0.2, 0) is 4.74 Å². The molecule has 0 bridgehead atoms. The summed E-state index contributed by atoms with van der Waals surface area (Å²) >= 11 is 0. The van der Waals surface area contributed by atoms with Crippen LogP contribution in [-0.4, -0.2) is 31.0 Å². The van der Waals surface area contributed by atoms with E-state index in [1.54, 1.807) is 0 Å². The van der Waals surface area contributed by atoms with Crippen molar-refractivity contribution in [3.05, 3.63) is 35.9 Å². The van der Waals surface area contributed by atoms with Crippen LogP contribution < -0.4 is 5.32 Å². The summed E-state index contributed by atoms with van der Waals surface area (Å²) in [5, 5.41) is 12.5. The lowest BCUT2D eigenvalue weighted by atomic mass is 10.0. The number of hydrogen-bond donors (Lipinski definition) is 2. The number of aliphatic hydroxyl groups is 1. The Labute approximate surface area is 104 Å². The maximum atomic E-state index is 9.07. The highest BCUT2D eigenvalue weighted by molar-refractivity contribution is 5.18. The lowest BCUT2D eigenvalue weighted by Gasteiger charge is -2.18. The van der Waals surface area contributed by atoms with Gasteiger partial charge in [-0.1, -0.05) is 30.3 Å². The Balaban J connectivity index is 2.39. The van der Waals surface area contributed by atoms with Gasteiger partial charge in [-0.2, -0.15) is 0 Å². The van der Waals surface area contributed by atoms with Crippen molar-refractivity contribution in [1.82, 2.24) is 5.32 Å². The summed E-state index contributed by atoms with van der Waals surface area (Å²) in [6.45, 7) is 5.76. The molecule has 1 aromatic rings. The van der Waals surface area contributed by atoms with Gasteiger partial charge in [-0.05, 0) is 25.8 Å². The third-order valence-corrected chi connectivity index (χ3v) is 2.56. The van der Waals surface area contributed by atoms with Gasteiger partial charge < -0.3 is 15.2 Å². The summed E-state index contributed by atoms with van der Waals surface area (Å²) in [7, 11) is 0. The van der Waals surface area contributed by atoms with Crippen LogP contribution >= 0.6 is 0 Å². The van der Waals surface area contributed by atoms with Gasteiger partial charge in [-0.15, -0.1) is 0 Å². The first-order valence-electron chi connectivity index (χ1n) is 6.25. The van der Waals surface area contributed by atoms with Crippen LogP contribution in [0.25, 0.3) is 0 Å². The molecule has 96 valence electrons. The molecule has 1 rings (SSSR count). The average Bonchev–Trinajstić information content (AvgIpc) is 2.34. The zero-order chi connectivity index (χ0) is 12.5. The minimum Gasteiger partial charge on any atom is -0.396 e. The van der Waals surface area contributed by atoms with E-state index in [9.17, 15) is 0 Å². The van der Waals surface area contributed by atoms with Crippen molar-refractivity contribution in [3.63, 3.8) is 0 Å². The predicted molar refractivity (Wildman–Crippen MR) is 70.0 cm³/mol. The summed E-state index contributed by atoms with van der Waals surface area (Å²) in [5.74, 6) is 0. The molecular formula is C14H23NO2. The van der Waals surface area contributed by atoms with Crippen LogP contribution in [0.1, 0.15) is 31.9 Å². The molecule has 0 fully saturated rings. The lowest BCUT2D eigenvalue weighted by Crippen LogP contribution is -2.27. The van der Waals surface area contributed by atoms with Crippen molar-refractivity contribution < 1.29 is 9.84 Å². The molecule has 1 atom stereocenters. The number of hydrogen-bond acceptors (Lipinski definition) is 3. The molecule has 1 unspecified atom stereocenters. The molecule has 3 heteroatoms. The zero-order valence-corrected chi connectivity index (χ0v) is 10.7. The minimum atomic E-state index is 0.192. The Bertz CT molecular complexity index is 288. The second-order valence-corrected chi connectivity index (χ2v) is 4.35. The van der Waals surface area contributed by atoms with Crippen LogP contribution in [0.5, 0.6) is 0 Å². The molecular weight excluding hydrogens is 214 g/mol. The maximum Gasteiger partial charge on any atom is 0.0594 e. The van der Waals surface area contributed by atoms with Crippen LogP contribution in [0.3, 0.4) is 0 Å². The van der Waals surface area contributed by atoms with E-state index in [1.807, 2.05) is 32.0 Å². The molecule has 0 radical (unpaired) electrons. The monoisotopic (exact) mass is 237 g/mol. The zero-order valence-electron chi connectivity index (χ0n) is 10.7. The van der Waals surface area contributed by atoms with E-state index in [2.05, 4.69) is 17.4 Å². The molecule has 0 aliphatic rings. The van der Waals surface area contributed by atoms with Gasteiger partial charge in [-0.25, -0.2) is 0 Å². The van der Waals surface area contributed by atoms with Crippen molar-refractivity contribution in [1.29, 1.82) is 0 Å². The normalized spacial score (nSPS) is 12.9. The Morgan fingerprint density at radius 1 is 1.24 bits per heavy atom. The lowest BCUT2D eigenvalue weighted by molar-refractivity contribution is 0.0787. The molecule has 0 saturated heterocycles. The molecule has 0 aliphatic carbocycles. The van der Waals surface area contributed by atoms with Gasteiger partial charge in [0, 0.05) is 19.2 Å². The first-order chi connectivity index (χ1) is 8.24. The number of benzene rings is 1. The van der Waals surface area contributed by atoms with E-state index in [-0.39, 0.29) is 18.8 Å². The molecule has 0 saturated carbocycles. The van der Waals surface area contributed by atoms with Crippen LogP contribution in [0.2, 0.25) is 0 Å². The molecule has 2 N–H and O–H groups in total. The van der Waals surface area contributed by atoms with E-state index < -0.39 is 0 Å². The van der Waals surface area contributed by atoms with E-state index in [0.29, 0.717) is 6.61 Å². The maximum absolute atomic E-state index is 9.07. The summed E-state index contributed by atoms with van der Waals surface area (Å²) in [6, 6.07) is 10.4. The van der Waals surface area contributed by atoms with E-state index in [4.69, 9.17) is 9.84 Å². The van der Waals surface area contributed by atoms with Crippen molar-refractivity contribution in [2.45, 2.75) is 32.4 Å². The summed E-state index contributed by atoms with van der Waals surface area (Å²) in [6.07, 6.45) is 0.996. The predicted octanol–water partition coefficient (Wildman–Crippen LogP) is 2.12. The van der Waals surface area contributed by atoms with Gasteiger partial charge in [0.1, 0.15) is 0 Å². The molecule has 1 aromatic carbocycles. The first kappa shape index (κ1) is 14.2. The SMILES string of the molecule is CC(C)OCCNC(CCO)c1ccccc1. The molecule has 0 heterocycles. The van der Waals surface area contributed by atoms with Crippen LogP contribution in [0, 0.1) is 0 Å². The average molecular weight is 237 g/mol. The second-order valence-electron chi connectivity index (χ2n) is 4.35. The standard InChI is InChI=1S/C14H23NO2/c1-12(2)17-11-9-15-14(8-10-16)13-6-4-3-5-7-13/h3-7,12,14-16H,8-11H2,1-2H3. The Kier molecular flexibility index (Phi) is 6.86. The molecule has 0 amide bonds. The van der Waals surface area contributed by atoms with Crippen molar-refractivity contribution in [3.8, 4) is 0 Å². The second kappa shape index (κ2) is 8.23. The number of aliphatic hydroxyl groups excluding tert-OH is 1. The highest BCUT2D eigenvalue weighted by Gasteiger charge is 2.09. The topological polar surface area (TPSA) is 41.5 Å². The number of ether oxygens (including phenoxy) is 1. The Morgan fingerprint density at radius 3 is 2.53 bits per heavy atom. The van der Waals surface area contributed by atoms with E-state index in [1.165, 1.54) is 5.56 Å². The number of nitrogens with one attached hydrogen (secondary N) is 1. The van der Waals surface area contributed by atoms with Gasteiger partial charge in [0.2, 0.25) is 0 Å². The Morgan fingerprint density at radius 2 is 1.94 bits per heavy atom. The fourth-order valence-corrected chi connectivity index (χ4v) is 1.73. The molecule has 0 aliphatic heterocycles.